The van der Waals surface area contributed by atoms with E-state index in [-0.39, 0.29) is 15.2 Å². The minimum atomic E-state index is -3.63. The van der Waals surface area contributed by atoms with Crippen LogP contribution in [-0.2, 0) is 10.0 Å². The number of nitrogens with one attached hydrogen (secondary N) is 1. The molecule has 0 unspecified atom stereocenters. The first-order valence-electron chi connectivity index (χ1n) is 6.14. The average molecular weight is 325 g/mol. The van der Waals surface area contributed by atoms with E-state index >= 15 is 0 Å². The molecule has 2 N–H and O–H groups in total. The van der Waals surface area contributed by atoms with Crippen molar-refractivity contribution < 1.29 is 13.5 Å². The Labute approximate surface area is 122 Å². The maximum Gasteiger partial charge on any atom is 0.251 e. The van der Waals surface area contributed by atoms with Crippen LogP contribution in [0.2, 0.25) is 4.47 Å². The molecule has 0 radical (unpaired) electrons. The van der Waals surface area contributed by atoms with Gasteiger partial charge in [-0.3, -0.25) is 0 Å². The molecule has 0 amide bonds. The normalized spacial score (nSPS) is 28.5. The Bertz CT molecular complexity index is 536. The molecular weight excluding hydrogens is 308 g/mol. The average Bonchev–Trinajstić information content (AvgIpc) is 2.79. The van der Waals surface area contributed by atoms with Crippen LogP contribution >= 0.6 is 22.9 Å². The third kappa shape index (κ3) is 3.88. The van der Waals surface area contributed by atoms with Crippen LogP contribution in [0, 0.1) is 5.92 Å². The Hall–Kier alpha value is -0.210. The second-order valence-corrected chi connectivity index (χ2v) is 8.77. The minimum Gasteiger partial charge on any atom is -0.389 e. The van der Waals surface area contributed by atoms with E-state index in [0.29, 0.717) is 18.8 Å². The third-order valence-corrected chi connectivity index (χ3v) is 6.49. The summed E-state index contributed by atoms with van der Waals surface area (Å²) in [6, 6.07) is 0. The van der Waals surface area contributed by atoms with Crippen molar-refractivity contribution in [2.24, 2.45) is 5.92 Å². The maximum absolute atomic E-state index is 12.0. The molecule has 1 aromatic rings. The molecule has 0 bridgehead atoms. The van der Waals surface area contributed by atoms with Gasteiger partial charge in [-0.1, -0.05) is 29.9 Å². The van der Waals surface area contributed by atoms with Gasteiger partial charge < -0.3 is 5.11 Å². The minimum absolute atomic E-state index is 0.0393. The van der Waals surface area contributed by atoms with Gasteiger partial charge in [0.2, 0.25) is 0 Å². The second-order valence-electron chi connectivity index (χ2n) is 5.16. The quantitative estimate of drug-likeness (QED) is 0.888. The van der Waals surface area contributed by atoms with Crippen molar-refractivity contribution in [2.75, 3.05) is 6.54 Å². The molecule has 0 aromatic carbocycles. The molecular formula is C11H17ClN2O3S2. The van der Waals surface area contributed by atoms with Gasteiger partial charge in [-0.2, -0.15) is 0 Å². The Morgan fingerprint density at radius 3 is 2.74 bits per heavy atom. The maximum atomic E-state index is 12.0. The lowest BCUT2D eigenvalue weighted by molar-refractivity contribution is -0.00182. The largest absolute Gasteiger partial charge is 0.389 e. The standard InChI is InChI=1S/C11H17ClN2O3S2/c1-8-2-4-11(15,5-3-8)7-14-19(16,17)9-6-13-10(12)18-9/h6,8,14-15H,2-5,7H2,1H3. The van der Waals surface area contributed by atoms with Crippen LogP contribution in [0.25, 0.3) is 0 Å². The fourth-order valence-electron chi connectivity index (χ4n) is 2.14. The van der Waals surface area contributed by atoms with Crippen LogP contribution in [0.15, 0.2) is 10.4 Å². The summed E-state index contributed by atoms with van der Waals surface area (Å²) >= 11 is 6.53. The number of hydrogen-bond donors (Lipinski definition) is 2. The SMILES string of the molecule is CC1CCC(O)(CNS(=O)(=O)c2cnc(Cl)s2)CC1. The highest BCUT2D eigenvalue weighted by Crippen LogP contribution is 2.31. The Balaban J connectivity index is 1.98. The van der Waals surface area contributed by atoms with E-state index in [4.69, 9.17) is 11.6 Å². The first kappa shape index (κ1) is 15.2. The summed E-state index contributed by atoms with van der Waals surface area (Å²) in [7, 11) is -3.63. The lowest BCUT2D eigenvalue weighted by Gasteiger charge is -2.34. The number of sulfonamides is 1. The molecule has 0 aliphatic heterocycles. The van der Waals surface area contributed by atoms with Crippen LogP contribution in [0.1, 0.15) is 32.6 Å². The Kier molecular flexibility index (Phi) is 4.52. The third-order valence-electron chi connectivity index (χ3n) is 3.52. The zero-order valence-corrected chi connectivity index (χ0v) is 13.0. The molecule has 0 atom stereocenters. The summed E-state index contributed by atoms with van der Waals surface area (Å²) in [6.45, 7) is 2.18. The smallest absolute Gasteiger partial charge is 0.251 e. The number of thiazole rings is 1. The molecule has 2 rings (SSSR count). The lowest BCUT2D eigenvalue weighted by Crippen LogP contribution is -2.45. The molecule has 1 aliphatic rings. The summed E-state index contributed by atoms with van der Waals surface area (Å²) in [5.74, 6) is 0.595. The molecule has 5 nitrogen and oxygen atoms in total. The van der Waals surface area contributed by atoms with Crippen molar-refractivity contribution in [3.8, 4) is 0 Å². The van der Waals surface area contributed by atoms with E-state index < -0.39 is 15.6 Å². The van der Waals surface area contributed by atoms with Crippen molar-refractivity contribution in [3.05, 3.63) is 10.7 Å². The van der Waals surface area contributed by atoms with Crippen LogP contribution in [0.4, 0.5) is 0 Å². The van der Waals surface area contributed by atoms with Crippen molar-refractivity contribution in [1.82, 2.24) is 9.71 Å². The lowest BCUT2D eigenvalue weighted by atomic mass is 9.80. The molecule has 1 aliphatic carbocycles. The highest BCUT2D eigenvalue weighted by Gasteiger charge is 2.33. The van der Waals surface area contributed by atoms with Gasteiger partial charge >= 0.3 is 0 Å². The van der Waals surface area contributed by atoms with E-state index in [0.717, 1.165) is 24.2 Å². The number of rotatable bonds is 4. The van der Waals surface area contributed by atoms with Gasteiger partial charge in [-0.05, 0) is 31.6 Å². The van der Waals surface area contributed by atoms with Crippen molar-refractivity contribution >= 4 is 33.0 Å². The summed E-state index contributed by atoms with van der Waals surface area (Å²) in [5.41, 5.74) is -0.936. The van der Waals surface area contributed by atoms with Gasteiger partial charge in [0.1, 0.15) is 0 Å². The highest BCUT2D eigenvalue weighted by atomic mass is 35.5. The fraction of sp³-hybridized carbons (Fsp3) is 0.727. The summed E-state index contributed by atoms with van der Waals surface area (Å²) in [4.78, 5) is 3.71. The molecule has 1 fully saturated rings. The summed E-state index contributed by atoms with van der Waals surface area (Å²) in [6.07, 6.45) is 4.32. The predicted octanol–water partition coefficient (Wildman–Crippen LogP) is 2.02. The summed E-state index contributed by atoms with van der Waals surface area (Å²) < 4.78 is 26.7. The molecule has 0 spiro atoms. The van der Waals surface area contributed by atoms with Crippen LogP contribution in [-0.4, -0.2) is 30.7 Å². The fourth-order valence-corrected chi connectivity index (χ4v) is 4.60. The van der Waals surface area contributed by atoms with Crippen LogP contribution in [0.3, 0.4) is 0 Å². The van der Waals surface area contributed by atoms with Gasteiger partial charge in [0.25, 0.3) is 10.0 Å². The van der Waals surface area contributed by atoms with E-state index in [1.165, 1.54) is 6.20 Å². The predicted molar refractivity (Wildman–Crippen MR) is 74.9 cm³/mol. The number of halogens is 1. The Morgan fingerprint density at radius 1 is 1.58 bits per heavy atom. The zero-order valence-electron chi connectivity index (χ0n) is 10.6. The first-order valence-corrected chi connectivity index (χ1v) is 8.82. The Morgan fingerprint density at radius 2 is 2.21 bits per heavy atom. The second kappa shape index (κ2) is 5.65. The van der Waals surface area contributed by atoms with Gasteiger partial charge in [0, 0.05) is 6.54 Å². The molecule has 108 valence electrons. The monoisotopic (exact) mass is 324 g/mol. The topological polar surface area (TPSA) is 79.3 Å². The van der Waals surface area contributed by atoms with Crippen LogP contribution in [0.5, 0.6) is 0 Å². The number of aliphatic hydroxyl groups is 1. The van der Waals surface area contributed by atoms with E-state index in [9.17, 15) is 13.5 Å². The van der Waals surface area contributed by atoms with Crippen molar-refractivity contribution in [3.63, 3.8) is 0 Å². The van der Waals surface area contributed by atoms with Gasteiger partial charge in [-0.15, -0.1) is 0 Å². The van der Waals surface area contributed by atoms with E-state index in [1.807, 2.05) is 0 Å². The van der Waals surface area contributed by atoms with Crippen molar-refractivity contribution in [1.29, 1.82) is 0 Å². The van der Waals surface area contributed by atoms with Gasteiger partial charge in [0.05, 0.1) is 11.8 Å². The van der Waals surface area contributed by atoms with Gasteiger partial charge in [-0.25, -0.2) is 18.1 Å². The summed E-state index contributed by atoms with van der Waals surface area (Å²) in [5, 5.41) is 10.3. The first-order chi connectivity index (χ1) is 8.81. The molecule has 1 heterocycles. The molecule has 0 saturated heterocycles. The highest BCUT2D eigenvalue weighted by molar-refractivity contribution is 7.91. The van der Waals surface area contributed by atoms with Crippen LogP contribution < -0.4 is 4.72 Å². The zero-order chi connectivity index (χ0) is 14.1. The molecule has 19 heavy (non-hydrogen) atoms. The molecule has 8 heteroatoms. The number of nitrogens with zero attached hydrogens (tertiary/aromatic N) is 1. The van der Waals surface area contributed by atoms with Crippen molar-refractivity contribution in [2.45, 2.75) is 42.4 Å². The van der Waals surface area contributed by atoms with E-state index in [1.54, 1.807) is 0 Å². The number of hydrogen-bond acceptors (Lipinski definition) is 5. The molecule has 1 aromatic heterocycles. The van der Waals surface area contributed by atoms with Gasteiger partial charge in [0.15, 0.2) is 8.68 Å². The number of aromatic nitrogens is 1. The van der Waals surface area contributed by atoms with E-state index in [2.05, 4.69) is 16.6 Å². The molecule has 1 saturated carbocycles.